The maximum Gasteiger partial charge on any atom is 0.339 e. The highest BCUT2D eigenvalue weighted by Crippen LogP contribution is 2.41. The lowest BCUT2D eigenvalue weighted by atomic mass is 9.78. The first-order valence-electron chi connectivity index (χ1n) is 14.9. The number of ketones is 1. The lowest BCUT2D eigenvalue weighted by molar-refractivity contribution is -0.384. The van der Waals surface area contributed by atoms with Crippen LogP contribution in [0.2, 0.25) is 5.02 Å². The number of anilines is 1. The smallest absolute Gasteiger partial charge is 0.339 e. The minimum absolute atomic E-state index is 0.0229. The topological polar surface area (TPSA) is 137 Å². The van der Waals surface area contributed by atoms with Gasteiger partial charge in [-0.25, -0.2) is 9.78 Å². The van der Waals surface area contributed by atoms with Gasteiger partial charge < -0.3 is 4.74 Å². The Morgan fingerprint density at radius 2 is 1.83 bits per heavy atom. The van der Waals surface area contributed by atoms with Crippen molar-refractivity contribution in [2.24, 2.45) is 17.8 Å². The van der Waals surface area contributed by atoms with Gasteiger partial charge in [0, 0.05) is 27.1 Å². The highest BCUT2D eigenvalue weighted by atomic mass is 79.9. The quantitative estimate of drug-likeness (QED) is 0.0456. The van der Waals surface area contributed by atoms with Crippen LogP contribution in [0.15, 0.2) is 77.3 Å². The number of benzene rings is 3. The van der Waals surface area contributed by atoms with E-state index in [1.807, 2.05) is 32.1 Å². The van der Waals surface area contributed by atoms with E-state index in [9.17, 15) is 29.3 Å². The molecular weight excluding hydrogens is 690 g/mol. The van der Waals surface area contributed by atoms with Crippen molar-refractivity contribution in [3.05, 3.63) is 109 Å². The molecular formula is C35H27BrClN3O7. The lowest BCUT2D eigenvalue weighted by Gasteiger charge is -2.22. The number of nitrogens with zero attached hydrogens (tertiary/aromatic N) is 3. The number of carbonyl (C=O) groups is 4. The lowest BCUT2D eigenvalue weighted by Crippen LogP contribution is -2.31. The number of hydrogen-bond donors (Lipinski definition) is 0. The van der Waals surface area contributed by atoms with Crippen LogP contribution in [0.5, 0.6) is 0 Å². The van der Waals surface area contributed by atoms with Gasteiger partial charge in [-0.2, -0.15) is 0 Å². The number of carbonyl (C=O) groups excluding carboxylic acids is 4. The van der Waals surface area contributed by atoms with Gasteiger partial charge in [-0.1, -0.05) is 65.7 Å². The van der Waals surface area contributed by atoms with Crippen LogP contribution in [0.4, 0.5) is 11.4 Å². The maximum absolute atomic E-state index is 13.5. The molecule has 238 valence electrons. The zero-order valence-electron chi connectivity index (χ0n) is 25.2. The molecule has 0 saturated carbocycles. The summed E-state index contributed by atoms with van der Waals surface area (Å²) in [5.41, 5.74) is 2.68. The van der Waals surface area contributed by atoms with Gasteiger partial charge in [-0.05, 0) is 66.8 Å². The molecule has 4 aromatic rings. The number of pyridine rings is 1. The summed E-state index contributed by atoms with van der Waals surface area (Å²) in [6.07, 6.45) is 5.09. The van der Waals surface area contributed by atoms with Gasteiger partial charge in [-0.3, -0.25) is 29.4 Å². The first-order chi connectivity index (χ1) is 22.5. The summed E-state index contributed by atoms with van der Waals surface area (Å²) in [5.74, 6) is -2.62. The molecule has 2 aliphatic rings. The molecule has 6 rings (SSSR count). The minimum atomic E-state index is -0.786. The molecule has 3 aromatic carbocycles. The molecule has 3 unspecified atom stereocenters. The Balaban J connectivity index is 1.31. The first-order valence-corrected chi connectivity index (χ1v) is 16.1. The summed E-state index contributed by atoms with van der Waals surface area (Å²) in [6, 6.07) is 15.7. The summed E-state index contributed by atoms with van der Waals surface area (Å²) in [6.45, 7) is 3.25. The SMILES string of the molecule is CCc1cc(Br)cc2c(C(=O)OCC(=O)c3ccc(Cl)c([N+](=O)[O-])c3)cc(-c3ccc(N4C(=O)C5CC=CC(C)C5C4=O)cc3)nc12. The van der Waals surface area contributed by atoms with Crippen LogP contribution in [0.25, 0.3) is 22.2 Å². The summed E-state index contributed by atoms with van der Waals surface area (Å²) in [5, 5.41) is 11.7. The standard InChI is InChI=1S/C35H27BrClN3O7/c1-3-19-13-22(36)15-25-26(35(44)47-17-30(41)21-9-12-27(37)29(14-21)40(45)46)16-28(38-32(19)25)20-7-10-23(11-8-20)39-33(42)24-6-4-5-18(2)31(24)34(39)43/h4-5,7-16,18,24,31H,3,6,17H2,1-2H3. The summed E-state index contributed by atoms with van der Waals surface area (Å²) < 4.78 is 6.16. The van der Waals surface area contributed by atoms with Crippen LogP contribution >= 0.6 is 27.5 Å². The Morgan fingerprint density at radius 1 is 1.09 bits per heavy atom. The number of fused-ring (bicyclic) bond motifs is 2. The van der Waals surface area contributed by atoms with E-state index in [4.69, 9.17) is 21.3 Å². The first kappa shape index (κ1) is 32.2. The van der Waals surface area contributed by atoms with E-state index in [1.54, 1.807) is 36.4 Å². The predicted molar refractivity (Wildman–Crippen MR) is 179 cm³/mol. The Hall–Kier alpha value is -4.74. The van der Waals surface area contributed by atoms with Gasteiger partial charge in [0.1, 0.15) is 5.02 Å². The van der Waals surface area contributed by atoms with E-state index >= 15 is 0 Å². The van der Waals surface area contributed by atoms with Gasteiger partial charge >= 0.3 is 5.97 Å². The number of Topliss-reactive ketones (excluding diaryl/α,β-unsaturated/α-hetero) is 1. The van der Waals surface area contributed by atoms with Crippen molar-refractivity contribution in [1.29, 1.82) is 0 Å². The van der Waals surface area contributed by atoms with Crippen LogP contribution in [0.1, 0.15) is 46.5 Å². The molecule has 1 aliphatic heterocycles. The van der Waals surface area contributed by atoms with Crippen molar-refractivity contribution < 1.29 is 28.8 Å². The van der Waals surface area contributed by atoms with E-state index in [0.717, 1.165) is 16.1 Å². The molecule has 2 heterocycles. The second-order valence-electron chi connectivity index (χ2n) is 11.5. The van der Waals surface area contributed by atoms with Crippen molar-refractivity contribution in [2.45, 2.75) is 26.7 Å². The average Bonchev–Trinajstić information content (AvgIpc) is 3.32. The molecule has 47 heavy (non-hydrogen) atoms. The van der Waals surface area contributed by atoms with E-state index in [2.05, 4.69) is 15.9 Å². The summed E-state index contributed by atoms with van der Waals surface area (Å²) >= 11 is 9.37. The highest BCUT2D eigenvalue weighted by molar-refractivity contribution is 9.10. The monoisotopic (exact) mass is 715 g/mol. The molecule has 0 radical (unpaired) electrons. The molecule has 10 nitrogen and oxygen atoms in total. The van der Waals surface area contributed by atoms with Crippen molar-refractivity contribution >= 4 is 73.4 Å². The third kappa shape index (κ3) is 5.96. The number of amides is 2. The summed E-state index contributed by atoms with van der Waals surface area (Å²) in [7, 11) is 0. The number of aromatic nitrogens is 1. The maximum atomic E-state index is 13.5. The summed E-state index contributed by atoms with van der Waals surface area (Å²) in [4.78, 5) is 69.6. The van der Waals surface area contributed by atoms with Crippen molar-refractivity contribution in [1.82, 2.24) is 4.98 Å². The fraction of sp³-hybridized carbons (Fsp3) is 0.229. The number of esters is 1. The van der Waals surface area contributed by atoms with Crippen molar-refractivity contribution in [3.63, 3.8) is 0 Å². The number of rotatable bonds is 8. The minimum Gasteiger partial charge on any atom is -0.454 e. The molecule has 3 atom stereocenters. The molecule has 0 bridgehead atoms. The highest BCUT2D eigenvalue weighted by Gasteiger charge is 2.50. The predicted octanol–water partition coefficient (Wildman–Crippen LogP) is 7.53. The molecule has 0 spiro atoms. The molecule has 0 N–H and O–H groups in total. The normalized spacial score (nSPS) is 18.8. The van der Waals surface area contributed by atoms with E-state index < -0.39 is 29.0 Å². The fourth-order valence-corrected chi connectivity index (χ4v) is 6.94. The number of nitro benzene ring substituents is 1. The Bertz CT molecular complexity index is 2030. The number of hydrogen-bond acceptors (Lipinski definition) is 8. The number of aryl methyl sites for hydroxylation is 1. The third-order valence-corrected chi connectivity index (χ3v) is 9.43. The Kier molecular flexibility index (Phi) is 8.78. The molecule has 1 aromatic heterocycles. The number of allylic oxidation sites excluding steroid dienone is 2. The zero-order valence-corrected chi connectivity index (χ0v) is 27.6. The van der Waals surface area contributed by atoms with Crippen LogP contribution in [0, 0.1) is 27.9 Å². The van der Waals surface area contributed by atoms with E-state index in [0.29, 0.717) is 40.7 Å². The van der Waals surface area contributed by atoms with Crippen LogP contribution in [0.3, 0.4) is 0 Å². The van der Waals surface area contributed by atoms with E-state index in [1.165, 1.54) is 17.0 Å². The van der Waals surface area contributed by atoms with Gasteiger partial charge in [0.15, 0.2) is 6.61 Å². The van der Waals surface area contributed by atoms with Crippen LogP contribution in [-0.2, 0) is 20.7 Å². The second-order valence-corrected chi connectivity index (χ2v) is 12.8. The van der Waals surface area contributed by atoms with Gasteiger partial charge in [0.05, 0.1) is 39.2 Å². The largest absolute Gasteiger partial charge is 0.454 e. The Morgan fingerprint density at radius 3 is 2.51 bits per heavy atom. The van der Waals surface area contributed by atoms with Crippen molar-refractivity contribution in [3.8, 4) is 11.3 Å². The number of ether oxygens (including phenoxy) is 1. The molecule has 1 aliphatic carbocycles. The van der Waals surface area contributed by atoms with E-state index in [-0.39, 0.29) is 45.7 Å². The zero-order chi connectivity index (χ0) is 33.6. The molecule has 1 saturated heterocycles. The second kappa shape index (κ2) is 12.8. The number of imide groups is 1. The van der Waals surface area contributed by atoms with Gasteiger partial charge in [0.25, 0.3) is 5.69 Å². The van der Waals surface area contributed by atoms with Crippen LogP contribution < -0.4 is 4.90 Å². The average molecular weight is 717 g/mol. The van der Waals surface area contributed by atoms with Gasteiger partial charge in [-0.15, -0.1) is 0 Å². The molecule has 1 fully saturated rings. The Labute approximate surface area is 282 Å². The fourth-order valence-electron chi connectivity index (χ4n) is 6.25. The molecule has 12 heteroatoms. The third-order valence-electron chi connectivity index (χ3n) is 8.65. The van der Waals surface area contributed by atoms with Crippen molar-refractivity contribution in [2.75, 3.05) is 11.5 Å². The molecule has 2 amide bonds. The number of halogens is 2. The van der Waals surface area contributed by atoms with Crippen LogP contribution in [-0.4, -0.2) is 40.1 Å². The number of nitro groups is 1. The van der Waals surface area contributed by atoms with Gasteiger partial charge in [0.2, 0.25) is 17.6 Å².